The summed E-state index contributed by atoms with van der Waals surface area (Å²) >= 11 is 0. The summed E-state index contributed by atoms with van der Waals surface area (Å²) in [5, 5.41) is 3.88. The molecule has 2 fully saturated rings. The number of methoxy groups -OCH3 is 1. The second-order valence-corrected chi connectivity index (χ2v) is 9.00. The van der Waals surface area contributed by atoms with E-state index in [2.05, 4.69) is 40.1 Å². The summed E-state index contributed by atoms with van der Waals surface area (Å²) < 4.78 is 19.3. The SMILES string of the molecule is CO[C@@]1(c2cc(C)cc(-n3cc(C4CCOCC4)c4cnc(NC(C)=O)cc43)n2)CCOC1. The first-order valence-electron chi connectivity index (χ1n) is 11.5. The van der Waals surface area contributed by atoms with Crippen molar-refractivity contribution in [2.45, 2.75) is 44.6 Å². The fourth-order valence-electron chi connectivity index (χ4n) is 4.94. The molecule has 2 saturated heterocycles. The maximum Gasteiger partial charge on any atom is 0.222 e. The Morgan fingerprint density at radius 1 is 1.21 bits per heavy atom. The van der Waals surface area contributed by atoms with Gasteiger partial charge >= 0.3 is 0 Å². The van der Waals surface area contributed by atoms with Gasteiger partial charge in [0, 0.05) is 64.1 Å². The third-order valence-electron chi connectivity index (χ3n) is 6.73. The third-order valence-corrected chi connectivity index (χ3v) is 6.73. The van der Waals surface area contributed by atoms with Crippen LogP contribution in [-0.2, 0) is 24.6 Å². The van der Waals surface area contributed by atoms with Crippen LogP contribution in [0.15, 0.2) is 30.6 Å². The number of pyridine rings is 2. The van der Waals surface area contributed by atoms with E-state index in [9.17, 15) is 4.79 Å². The van der Waals surface area contributed by atoms with Crippen LogP contribution in [0, 0.1) is 6.92 Å². The first-order chi connectivity index (χ1) is 16.0. The molecule has 8 heteroatoms. The largest absolute Gasteiger partial charge is 0.381 e. The summed E-state index contributed by atoms with van der Waals surface area (Å²) in [6, 6.07) is 6.08. The molecule has 1 amide bonds. The highest BCUT2D eigenvalue weighted by Crippen LogP contribution is 2.37. The fraction of sp³-hybridized carbons (Fsp3) is 0.480. The summed E-state index contributed by atoms with van der Waals surface area (Å²) in [4.78, 5) is 21.2. The Labute approximate surface area is 193 Å². The van der Waals surface area contributed by atoms with Gasteiger partial charge in [-0.15, -0.1) is 0 Å². The van der Waals surface area contributed by atoms with Gasteiger partial charge in [-0.25, -0.2) is 9.97 Å². The Balaban J connectivity index is 1.67. The zero-order valence-corrected chi connectivity index (χ0v) is 19.4. The van der Waals surface area contributed by atoms with Crippen molar-refractivity contribution in [3.05, 3.63) is 47.4 Å². The Kier molecular flexibility index (Phi) is 5.90. The van der Waals surface area contributed by atoms with E-state index >= 15 is 0 Å². The van der Waals surface area contributed by atoms with Crippen molar-refractivity contribution in [3.63, 3.8) is 0 Å². The van der Waals surface area contributed by atoms with Gasteiger partial charge < -0.3 is 24.1 Å². The monoisotopic (exact) mass is 450 g/mol. The number of rotatable bonds is 5. The van der Waals surface area contributed by atoms with Crippen molar-refractivity contribution in [1.29, 1.82) is 0 Å². The summed E-state index contributed by atoms with van der Waals surface area (Å²) in [7, 11) is 1.72. The van der Waals surface area contributed by atoms with Crippen molar-refractivity contribution in [2.75, 3.05) is 38.9 Å². The molecule has 0 aliphatic carbocycles. The van der Waals surface area contributed by atoms with Gasteiger partial charge in [0.05, 0.1) is 17.8 Å². The molecule has 5 heterocycles. The maximum absolute atomic E-state index is 11.7. The predicted octanol–water partition coefficient (Wildman–Crippen LogP) is 3.84. The second-order valence-electron chi connectivity index (χ2n) is 9.00. The number of anilines is 1. The lowest BCUT2D eigenvalue weighted by molar-refractivity contribution is -0.114. The van der Waals surface area contributed by atoms with Gasteiger partial charge in [-0.1, -0.05) is 0 Å². The smallest absolute Gasteiger partial charge is 0.222 e. The van der Waals surface area contributed by atoms with Crippen LogP contribution in [0.1, 0.15) is 48.9 Å². The van der Waals surface area contributed by atoms with Crippen molar-refractivity contribution in [1.82, 2.24) is 14.5 Å². The Morgan fingerprint density at radius 3 is 2.73 bits per heavy atom. The highest BCUT2D eigenvalue weighted by atomic mass is 16.5. The Morgan fingerprint density at radius 2 is 2.03 bits per heavy atom. The van der Waals surface area contributed by atoms with Crippen molar-refractivity contribution in [2.24, 2.45) is 0 Å². The lowest BCUT2D eigenvalue weighted by Gasteiger charge is -2.26. The number of aromatic nitrogens is 3. The number of aryl methyl sites for hydroxylation is 1. The normalized spacial score (nSPS) is 21.5. The molecule has 33 heavy (non-hydrogen) atoms. The zero-order chi connectivity index (χ0) is 23.0. The van der Waals surface area contributed by atoms with Crippen LogP contribution >= 0.6 is 0 Å². The van der Waals surface area contributed by atoms with Gasteiger partial charge in [0.2, 0.25) is 5.91 Å². The van der Waals surface area contributed by atoms with Gasteiger partial charge in [0.25, 0.3) is 0 Å². The lowest BCUT2D eigenvalue weighted by atomic mass is 9.92. The standard InChI is InChI=1S/C25H30N4O4/c1-16-10-22(25(31-3)6-9-33-15-25)28-24(11-16)29-14-20(18-4-7-32-8-5-18)19-13-26-23(12-21(19)29)27-17(2)30/h10-14,18H,4-9,15H2,1-3H3,(H,26,27,30)/t25-/m0/s1. The highest BCUT2D eigenvalue weighted by Gasteiger charge is 2.38. The average molecular weight is 451 g/mol. The van der Waals surface area contributed by atoms with Crippen LogP contribution < -0.4 is 5.32 Å². The molecule has 0 aromatic carbocycles. The van der Waals surface area contributed by atoms with E-state index in [0.717, 1.165) is 60.5 Å². The molecule has 5 rings (SSSR count). The number of fused-ring (bicyclic) bond motifs is 1. The molecule has 0 unspecified atom stereocenters. The van der Waals surface area contributed by atoms with Crippen LogP contribution in [0.4, 0.5) is 5.82 Å². The molecule has 2 aliphatic heterocycles. The van der Waals surface area contributed by atoms with Crippen molar-refractivity contribution >= 4 is 22.6 Å². The number of carbonyl (C=O) groups is 1. The number of nitrogens with zero attached hydrogens (tertiary/aromatic N) is 3. The van der Waals surface area contributed by atoms with E-state index in [1.165, 1.54) is 12.5 Å². The fourth-order valence-corrected chi connectivity index (χ4v) is 4.94. The zero-order valence-electron chi connectivity index (χ0n) is 19.4. The number of carbonyl (C=O) groups excluding carboxylic acids is 1. The van der Waals surface area contributed by atoms with Gasteiger partial charge in [-0.2, -0.15) is 0 Å². The predicted molar refractivity (Wildman–Crippen MR) is 125 cm³/mol. The molecule has 1 N–H and O–H groups in total. The number of nitrogens with one attached hydrogen (secondary N) is 1. The second kappa shape index (κ2) is 8.85. The van der Waals surface area contributed by atoms with E-state index in [4.69, 9.17) is 19.2 Å². The number of ether oxygens (including phenoxy) is 3. The molecule has 174 valence electrons. The van der Waals surface area contributed by atoms with Gasteiger partial charge in [0.15, 0.2) is 0 Å². The van der Waals surface area contributed by atoms with Crippen LogP contribution in [0.3, 0.4) is 0 Å². The summed E-state index contributed by atoms with van der Waals surface area (Å²) in [5.74, 6) is 1.59. The molecule has 0 radical (unpaired) electrons. The number of amides is 1. The summed E-state index contributed by atoms with van der Waals surface area (Å²) in [6.07, 6.45) is 6.76. The molecule has 3 aromatic heterocycles. The van der Waals surface area contributed by atoms with E-state index in [1.54, 1.807) is 7.11 Å². The van der Waals surface area contributed by atoms with Gasteiger partial charge in [-0.3, -0.25) is 4.79 Å². The molecule has 2 aliphatic rings. The Hall–Kier alpha value is -2.81. The molecule has 0 spiro atoms. The minimum absolute atomic E-state index is 0.149. The molecule has 0 saturated carbocycles. The Bertz CT molecular complexity index is 1180. The highest BCUT2D eigenvalue weighted by molar-refractivity contribution is 5.92. The minimum Gasteiger partial charge on any atom is -0.381 e. The number of hydrogen-bond donors (Lipinski definition) is 1. The van der Waals surface area contributed by atoms with Gasteiger partial charge in [0.1, 0.15) is 17.2 Å². The maximum atomic E-state index is 11.7. The first kappa shape index (κ1) is 22.0. The first-order valence-corrected chi connectivity index (χ1v) is 11.5. The quantitative estimate of drug-likeness (QED) is 0.636. The lowest BCUT2D eigenvalue weighted by Crippen LogP contribution is -2.30. The summed E-state index contributed by atoms with van der Waals surface area (Å²) in [6.45, 7) is 6.24. The number of hydrogen-bond acceptors (Lipinski definition) is 6. The van der Waals surface area contributed by atoms with E-state index in [-0.39, 0.29) is 5.91 Å². The van der Waals surface area contributed by atoms with Crippen LogP contribution in [0.25, 0.3) is 16.7 Å². The van der Waals surface area contributed by atoms with E-state index in [0.29, 0.717) is 24.9 Å². The van der Waals surface area contributed by atoms with Crippen LogP contribution in [-0.4, -0.2) is 54.0 Å². The van der Waals surface area contributed by atoms with Crippen molar-refractivity contribution in [3.8, 4) is 5.82 Å². The van der Waals surface area contributed by atoms with Crippen LogP contribution in [0.2, 0.25) is 0 Å². The molecular weight excluding hydrogens is 420 g/mol. The topological polar surface area (TPSA) is 87.5 Å². The molecule has 3 aromatic rings. The van der Waals surface area contributed by atoms with Crippen molar-refractivity contribution < 1.29 is 19.0 Å². The molecule has 8 nitrogen and oxygen atoms in total. The molecular formula is C25H30N4O4. The third kappa shape index (κ3) is 4.14. The molecule has 0 bridgehead atoms. The summed E-state index contributed by atoms with van der Waals surface area (Å²) in [5.41, 5.74) is 3.65. The average Bonchev–Trinajstić information content (AvgIpc) is 3.44. The van der Waals surface area contributed by atoms with Gasteiger partial charge in [-0.05, 0) is 48.9 Å². The van der Waals surface area contributed by atoms with Crippen LogP contribution in [0.5, 0.6) is 0 Å². The van der Waals surface area contributed by atoms with E-state index in [1.807, 2.05) is 12.3 Å². The minimum atomic E-state index is -0.532. The molecule has 1 atom stereocenters. The van der Waals surface area contributed by atoms with E-state index < -0.39 is 5.60 Å².